The molecule has 34 heavy (non-hydrogen) atoms. The molecule has 0 fully saturated rings. The van der Waals surface area contributed by atoms with Gasteiger partial charge in [0.15, 0.2) is 0 Å². The average Bonchev–Trinajstić information content (AvgIpc) is 3.54. The number of halogens is 2. The second-order valence-electron chi connectivity index (χ2n) is 7.66. The molecule has 0 radical (unpaired) electrons. The number of nitrogens with one attached hydrogen (secondary N) is 4. The fraction of sp³-hybridized carbons (Fsp3) is 0.250. The summed E-state index contributed by atoms with van der Waals surface area (Å²) in [6, 6.07) is 15.0. The Labute approximate surface area is 210 Å². The van der Waals surface area contributed by atoms with Crippen molar-refractivity contribution in [3.63, 3.8) is 0 Å². The number of hydrogen-bond donors (Lipinski definition) is 4. The van der Waals surface area contributed by atoms with Gasteiger partial charge in [-0.25, -0.2) is 20.8 Å². The largest absolute Gasteiger partial charge is 0.353 e. The predicted octanol–water partition coefficient (Wildman–Crippen LogP) is 3.16. The van der Waals surface area contributed by atoms with Crippen LogP contribution >= 0.6 is 24.8 Å². The van der Waals surface area contributed by atoms with Crippen molar-refractivity contribution in [1.29, 1.82) is 0 Å². The van der Waals surface area contributed by atoms with Crippen LogP contribution in [-0.4, -0.2) is 50.5 Å². The lowest BCUT2D eigenvalue weighted by Crippen LogP contribution is -2.30. The second-order valence-corrected chi connectivity index (χ2v) is 7.66. The van der Waals surface area contributed by atoms with E-state index in [-0.39, 0.29) is 24.8 Å². The number of nitrogens with zero attached hydrogens (tertiary/aromatic N) is 4. The van der Waals surface area contributed by atoms with Gasteiger partial charge in [-0.05, 0) is 33.5 Å². The Hall–Kier alpha value is -3.36. The normalized spacial score (nSPS) is 15.0. The Morgan fingerprint density at radius 2 is 1.32 bits per heavy atom. The standard InChI is InChI=1S/C24H26N8.2ClH/c1-2-16-7-8-19-20(13-16)22(15-30-32-24-27-11-12-28-24)18-6-4-3-5-17(18)21(19)14-29-31-23-25-9-10-26-23;;/h3-8,13-15H,2,9-12H2,1H3,(H2,25,26,31)(H2,27,28,32);2*1H/b29-14+,30-15+;;. The summed E-state index contributed by atoms with van der Waals surface area (Å²) < 4.78 is 0. The molecule has 0 atom stereocenters. The lowest BCUT2D eigenvalue weighted by atomic mass is 9.91. The van der Waals surface area contributed by atoms with Crippen LogP contribution in [0.3, 0.4) is 0 Å². The van der Waals surface area contributed by atoms with E-state index in [1.165, 1.54) is 5.56 Å². The molecule has 0 amide bonds. The Balaban J connectivity index is 0.00000162. The molecule has 0 saturated heterocycles. The van der Waals surface area contributed by atoms with Gasteiger partial charge >= 0.3 is 0 Å². The van der Waals surface area contributed by atoms with E-state index in [4.69, 9.17) is 0 Å². The van der Waals surface area contributed by atoms with Gasteiger partial charge in [0, 0.05) is 24.2 Å². The zero-order chi connectivity index (χ0) is 21.8. The molecular weight excluding hydrogens is 471 g/mol. The molecule has 0 aliphatic carbocycles. The second kappa shape index (κ2) is 11.7. The average molecular weight is 499 g/mol. The lowest BCUT2D eigenvalue weighted by molar-refractivity contribution is 0.920. The summed E-state index contributed by atoms with van der Waals surface area (Å²) in [5.74, 6) is 1.42. The van der Waals surface area contributed by atoms with E-state index in [2.05, 4.69) is 91.1 Å². The fourth-order valence-corrected chi connectivity index (χ4v) is 4.05. The summed E-state index contributed by atoms with van der Waals surface area (Å²) in [5, 5.41) is 19.8. The van der Waals surface area contributed by atoms with Gasteiger partial charge in [-0.2, -0.15) is 10.2 Å². The van der Waals surface area contributed by atoms with Crippen LogP contribution in [0, 0.1) is 0 Å². The van der Waals surface area contributed by atoms with Crippen molar-refractivity contribution in [2.75, 3.05) is 26.2 Å². The molecule has 8 nitrogen and oxygen atoms in total. The summed E-state index contributed by atoms with van der Waals surface area (Å²) in [4.78, 5) is 8.68. The minimum Gasteiger partial charge on any atom is -0.353 e. The van der Waals surface area contributed by atoms with Crippen LogP contribution in [0.2, 0.25) is 0 Å². The summed E-state index contributed by atoms with van der Waals surface area (Å²) >= 11 is 0. The zero-order valence-electron chi connectivity index (χ0n) is 18.8. The van der Waals surface area contributed by atoms with Gasteiger partial charge in [0.25, 0.3) is 0 Å². The van der Waals surface area contributed by atoms with Crippen LogP contribution in [0.4, 0.5) is 0 Å². The van der Waals surface area contributed by atoms with Gasteiger partial charge in [0.05, 0.1) is 25.5 Å². The Bertz CT molecular complexity index is 1280. The Morgan fingerprint density at radius 1 is 0.794 bits per heavy atom. The summed E-state index contributed by atoms with van der Waals surface area (Å²) in [6.07, 6.45) is 4.74. The first-order valence-electron chi connectivity index (χ1n) is 11.0. The van der Waals surface area contributed by atoms with Crippen LogP contribution in [-0.2, 0) is 6.42 Å². The maximum atomic E-state index is 4.49. The van der Waals surface area contributed by atoms with Crippen molar-refractivity contribution in [2.45, 2.75) is 13.3 Å². The highest BCUT2D eigenvalue weighted by Gasteiger charge is 2.13. The third-order valence-electron chi connectivity index (χ3n) is 5.66. The summed E-state index contributed by atoms with van der Waals surface area (Å²) in [5.41, 5.74) is 9.45. The molecule has 4 N–H and O–H groups in total. The van der Waals surface area contributed by atoms with Crippen molar-refractivity contribution >= 4 is 70.7 Å². The van der Waals surface area contributed by atoms with Gasteiger partial charge in [0.1, 0.15) is 0 Å². The first kappa shape index (κ1) is 25.3. The number of rotatable bonds is 5. The fourth-order valence-electron chi connectivity index (χ4n) is 4.05. The lowest BCUT2D eigenvalue weighted by Gasteiger charge is -2.13. The number of aliphatic imine (C=N–C) groups is 2. The molecule has 5 rings (SSSR count). The van der Waals surface area contributed by atoms with Gasteiger partial charge in [-0.15, -0.1) is 24.8 Å². The highest BCUT2D eigenvalue weighted by Crippen LogP contribution is 2.32. The number of hydrogen-bond acceptors (Lipinski definition) is 8. The molecular formula is C24H28Cl2N8. The highest BCUT2D eigenvalue weighted by atomic mass is 35.5. The highest BCUT2D eigenvalue weighted by molar-refractivity contribution is 6.21. The molecule has 0 aromatic heterocycles. The summed E-state index contributed by atoms with van der Waals surface area (Å²) in [7, 11) is 0. The van der Waals surface area contributed by atoms with Gasteiger partial charge < -0.3 is 10.6 Å². The van der Waals surface area contributed by atoms with Gasteiger partial charge in [0.2, 0.25) is 11.9 Å². The molecule has 3 aromatic rings. The van der Waals surface area contributed by atoms with Gasteiger partial charge in [-0.1, -0.05) is 49.4 Å². The number of hydrazone groups is 2. The van der Waals surface area contributed by atoms with Crippen molar-refractivity contribution in [3.05, 3.63) is 59.2 Å². The minimum absolute atomic E-state index is 0. The van der Waals surface area contributed by atoms with Crippen LogP contribution in [0.15, 0.2) is 62.7 Å². The third-order valence-corrected chi connectivity index (χ3v) is 5.66. The molecule has 10 heteroatoms. The Morgan fingerprint density at radius 3 is 1.82 bits per heavy atom. The minimum atomic E-state index is 0. The van der Waals surface area contributed by atoms with Crippen molar-refractivity contribution in [2.24, 2.45) is 20.2 Å². The van der Waals surface area contributed by atoms with E-state index < -0.39 is 0 Å². The molecule has 178 valence electrons. The predicted molar refractivity (Wildman–Crippen MR) is 147 cm³/mol. The number of aryl methyl sites for hydroxylation is 1. The van der Waals surface area contributed by atoms with Crippen LogP contribution in [0.1, 0.15) is 23.6 Å². The van der Waals surface area contributed by atoms with E-state index in [0.29, 0.717) is 11.9 Å². The van der Waals surface area contributed by atoms with E-state index in [1.807, 2.05) is 12.4 Å². The quantitative estimate of drug-likeness (QED) is 0.246. The smallest absolute Gasteiger partial charge is 0.212 e. The molecule has 3 aromatic carbocycles. The van der Waals surface area contributed by atoms with Crippen molar-refractivity contribution in [1.82, 2.24) is 21.5 Å². The molecule has 2 aliphatic heterocycles. The monoisotopic (exact) mass is 498 g/mol. The number of benzene rings is 3. The van der Waals surface area contributed by atoms with Crippen LogP contribution in [0.5, 0.6) is 0 Å². The Kier molecular flexibility index (Phi) is 8.67. The zero-order valence-corrected chi connectivity index (χ0v) is 20.5. The van der Waals surface area contributed by atoms with Gasteiger partial charge in [-0.3, -0.25) is 0 Å². The van der Waals surface area contributed by atoms with Crippen LogP contribution in [0.25, 0.3) is 21.5 Å². The van der Waals surface area contributed by atoms with E-state index >= 15 is 0 Å². The first-order chi connectivity index (χ1) is 15.8. The maximum Gasteiger partial charge on any atom is 0.212 e. The molecule has 0 unspecified atom stereocenters. The van der Waals surface area contributed by atoms with E-state index in [0.717, 1.165) is 65.3 Å². The third kappa shape index (κ3) is 5.24. The van der Waals surface area contributed by atoms with Crippen molar-refractivity contribution in [3.8, 4) is 0 Å². The van der Waals surface area contributed by atoms with Crippen molar-refractivity contribution < 1.29 is 0 Å². The number of guanidine groups is 2. The molecule has 2 heterocycles. The first-order valence-corrected chi connectivity index (χ1v) is 11.0. The molecule has 0 bridgehead atoms. The molecule has 0 saturated carbocycles. The summed E-state index contributed by atoms with van der Waals surface area (Å²) in [6.45, 7) is 5.39. The van der Waals surface area contributed by atoms with Crippen LogP contribution < -0.4 is 21.5 Å². The number of fused-ring (bicyclic) bond motifs is 2. The topological polar surface area (TPSA) is 97.6 Å². The molecule has 0 spiro atoms. The maximum absolute atomic E-state index is 4.49. The van der Waals surface area contributed by atoms with E-state index in [9.17, 15) is 0 Å². The SMILES string of the molecule is CCc1ccc2c(/C=N/NC3=NCCN3)c3ccccc3c(/C=N/NC3=NCCN3)c2c1.Cl.Cl. The van der Waals surface area contributed by atoms with E-state index in [1.54, 1.807) is 0 Å². The molecule has 2 aliphatic rings.